The predicted octanol–water partition coefficient (Wildman–Crippen LogP) is 5.15. The van der Waals surface area contributed by atoms with E-state index in [-0.39, 0.29) is 6.04 Å². The van der Waals surface area contributed by atoms with E-state index in [0.717, 1.165) is 39.6 Å². The molecule has 1 aromatic carbocycles. The predicted molar refractivity (Wildman–Crippen MR) is 90.7 cm³/mol. The first-order chi connectivity index (χ1) is 9.60. The Morgan fingerprint density at radius 1 is 1.45 bits per heavy atom. The van der Waals surface area contributed by atoms with E-state index in [4.69, 9.17) is 11.6 Å². The Balaban J connectivity index is 2.24. The summed E-state index contributed by atoms with van der Waals surface area (Å²) in [6.45, 7) is 5.19. The molecule has 1 heterocycles. The zero-order valence-corrected chi connectivity index (χ0v) is 14.8. The molecule has 0 radical (unpaired) electrons. The maximum atomic E-state index is 6.14. The smallest absolute Gasteiger partial charge is 0.0897 e. The van der Waals surface area contributed by atoms with Crippen LogP contribution in [0, 0.1) is 6.92 Å². The second kappa shape index (κ2) is 7.55. The highest BCUT2D eigenvalue weighted by atomic mass is 79.9. The molecule has 0 saturated carbocycles. The molecule has 1 aromatic heterocycles. The van der Waals surface area contributed by atoms with Crippen LogP contribution in [0.3, 0.4) is 0 Å². The summed E-state index contributed by atoms with van der Waals surface area (Å²) in [5.41, 5.74) is 2.32. The van der Waals surface area contributed by atoms with E-state index in [1.54, 1.807) is 11.3 Å². The molecular formula is C15H18BrClN2S. The molecule has 1 N–H and O–H groups in total. The summed E-state index contributed by atoms with van der Waals surface area (Å²) in [6.07, 6.45) is 1.98. The third-order valence-corrected chi connectivity index (χ3v) is 4.83. The van der Waals surface area contributed by atoms with Gasteiger partial charge in [-0.2, -0.15) is 0 Å². The highest BCUT2D eigenvalue weighted by Crippen LogP contribution is 2.29. The Morgan fingerprint density at radius 3 is 2.90 bits per heavy atom. The van der Waals surface area contributed by atoms with Gasteiger partial charge >= 0.3 is 0 Å². The first-order valence-electron chi connectivity index (χ1n) is 6.69. The number of rotatable bonds is 6. The van der Waals surface area contributed by atoms with Crippen molar-refractivity contribution >= 4 is 38.9 Å². The number of halogens is 2. The van der Waals surface area contributed by atoms with Crippen LogP contribution in [0.2, 0.25) is 5.02 Å². The Bertz CT molecular complexity index is 571. The highest BCUT2D eigenvalue weighted by molar-refractivity contribution is 9.10. The molecule has 2 rings (SSSR count). The van der Waals surface area contributed by atoms with Gasteiger partial charge in [0.25, 0.3) is 0 Å². The minimum atomic E-state index is 0.226. The molecule has 0 aliphatic rings. The molecule has 0 amide bonds. The van der Waals surface area contributed by atoms with Crippen molar-refractivity contribution in [3.8, 4) is 0 Å². The van der Waals surface area contributed by atoms with Gasteiger partial charge in [-0.25, -0.2) is 4.98 Å². The fraction of sp³-hybridized carbons (Fsp3) is 0.400. The molecule has 20 heavy (non-hydrogen) atoms. The maximum absolute atomic E-state index is 6.14. The van der Waals surface area contributed by atoms with Gasteiger partial charge < -0.3 is 5.32 Å². The number of nitrogens with zero attached hydrogens (tertiary/aromatic N) is 1. The number of thiazole rings is 1. The third-order valence-electron chi connectivity index (χ3n) is 3.05. The number of hydrogen-bond donors (Lipinski definition) is 1. The van der Waals surface area contributed by atoms with Crippen molar-refractivity contribution in [2.24, 2.45) is 0 Å². The molecule has 108 valence electrons. The fourth-order valence-corrected chi connectivity index (χ4v) is 3.43. The van der Waals surface area contributed by atoms with Crippen LogP contribution in [0.5, 0.6) is 0 Å². The number of nitrogens with one attached hydrogen (secondary N) is 1. The molecule has 2 nitrogen and oxygen atoms in total. The second-order valence-corrected chi connectivity index (χ2v) is 7.09. The standard InChI is InChI=1S/C15H18BrClN2S/c1-3-6-18-15(8-12-9-20-10(2)19-12)13-7-11(17)4-5-14(13)16/h4-5,7,9,15,18H,3,6,8H2,1-2H3. The lowest BCUT2D eigenvalue weighted by molar-refractivity contribution is 0.523. The van der Waals surface area contributed by atoms with Crippen molar-refractivity contribution in [1.82, 2.24) is 10.3 Å². The van der Waals surface area contributed by atoms with Gasteiger partial charge in [-0.1, -0.05) is 34.5 Å². The van der Waals surface area contributed by atoms with Gasteiger partial charge in [0.05, 0.1) is 10.7 Å². The molecule has 0 aliphatic heterocycles. The van der Waals surface area contributed by atoms with Crippen molar-refractivity contribution in [1.29, 1.82) is 0 Å². The summed E-state index contributed by atoms with van der Waals surface area (Å²) in [5.74, 6) is 0. The van der Waals surface area contributed by atoms with Crippen molar-refractivity contribution in [2.45, 2.75) is 32.7 Å². The molecule has 1 unspecified atom stereocenters. The highest BCUT2D eigenvalue weighted by Gasteiger charge is 2.16. The zero-order chi connectivity index (χ0) is 14.5. The Morgan fingerprint density at radius 2 is 2.25 bits per heavy atom. The van der Waals surface area contributed by atoms with E-state index in [9.17, 15) is 0 Å². The minimum absolute atomic E-state index is 0.226. The molecule has 0 aliphatic carbocycles. The van der Waals surface area contributed by atoms with Crippen LogP contribution >= 0.6 is 38.9 Å². The average molecular weight is 374 g/mol. The normalized spacial score (nSPS) is 12.6. The van der Waals surface area contributed by atoms with Gasteiger partial charge in [-0.15, -0.1) is 11.3 Å². The van der Waals surface area contributed by atoms with Crippen LogP contribution in [-0.2, 0) is 6.42 Å². The molecule has 0 bridgehead atoms. The van der Waals surface area contributed by atoms with Gasteiger partial charge in [0.2, 0.25) is 0 Å². The van der Waals surface area contributed by atoms with Crippen molar-refractivity contribution in [2.75, 3.05) is 6.54 Å². The van der Waals surface area contributed by atoms with Crippen LogP contribution < -0.4 is 5.32 Å². The van der Waals surface area contributed by atoms with Gasteiger partial charge in [0.15, 0.2) is 0 Å². The van der Waals surface area contributed by atoms with E-state index < -0.39 is 0 Å². The van der Waals surface area contributed by atoms with Crippen molar-refractivity contribution in [3.05, 3.63) is 49.3 Å². The van der Waals surface area contributed by atoms with Crippen LogP contribution in [0.25, 0.3) is 0 Å². The molecule has 2 aromatic rings. The summed E-state index contributed by atoms with van der Waals surface area (Å²) in [5, 5.41) is 7.60. The summed E-state index contributed by atoms with van der Waals surface area (Å²) in [4.78, 5) is 4.57. The van der Waals surface area contributed by atoms with Gasteiger partial charge in [-0.05, 0) is 43.7 Å². The number of aromatic nitrogens is 1. The zero-order valence-electron chi connectivity index (χ0n) is 11.6. The lowest BCUT2D eigenvalue weighted by atomic mass is 10.0. The quantitative estimate of drug-likeness (QED) is 0.757. The number of benzene rings is 1. The molecule has 0 spiro atoms. The van der Waals surface area contributed by atoms with Crippen molar-refractivity contribution in [3.63, 3.8) is 0 Å². The molecule has 0 fully saturated rings. The molecule has 0 saturated heterocycles. The van der Waals surface area contributed by atoms with Crippen molar-refractivity contribution < 1.29 is 0 Å². The number of aryl methyl sites for hydroxylation is 1. The van der Waals surface area contributed by atoms with Gasteiger partial charge in [-0.3, -0.25) is 0 Å². The average Bonchev–Trinajstić information content (AvgIpc) is 2.83. The van der Waals surface area contributed by atoms with E-state index >= 15 is 0 Å². The first kappa shape index (κ1) is 16.0. The third kappa shape index (κ3) is 4.29. The molecular weight excluding hydrogens is 356 g/mol. The Labute approximate surface area is 137 Å². The number of hydrogen-bond acceptors (Lipinski definition) is 3. The van der Waals surface area contributed by atoms with E-state index in [0.29, 0.717) is 0 Å². The largest absolute Gasteiger partial charge is 0.310 e. The topological polar surface area (TPSA) is 24.9 Å². The van der Waals surface area contributed by atoms with E-state index in [2.05, 4.69) is 38.5 Å². The summed E-state index contributed by atoms with van der Waals surface area (Å²) in [6, 6.07) is 6.16. The second-order valence-electron chi connectivity index (χ2n) is 4.73. The monoisotopic (exact) mass is 372 g/mol. The van der Waals surface area contributed by atoms with Crippen LogP contribution in [0.4, 0.5) is 0 Å². The first-order valence-corrected chi connectivity index (χ1v) is 8.74. The van der Waals surface area contributed by atoms with E-state index in [1.807, 2.05) is 25.1 Å². The summed E-state index contributed by atoms with van der Waals surface area (Å²) < 4.78 is 1.09. The Hall–Kier alpha value is -0.420. The Kier molecular flexibility index (Phi) is 6.02. The SMILES string of the molecule is CCCNC(Cc1csc(C)n1)c1cc(Cl)ccc1Br. The summed E-state index contributed by atoms with van der Waals surface area (Å²) in [7, 11) is 0. The van der Waals surface area contributed by atoms with Gasteiger partial charge in [0.1, 0.15) is 0 Å². The molecule has 1 atom stereocenters. The lowest BCUT2D eigenvalue weighted by Crippen LogP contribution is -2.24. The minimum Gasteiger partial charge on any atom is -0.310 e. The maximum Gasteiger partial charge on any atom is 0.0897 e. The van der Waals surface area contributed by atoms with Crippen LogP contribution in [0.15, 0.2) is 28.1 Å². The fourth-order valence-electron chi connectivity index (χ4n) is 2.10. The lowest BCUT2D eigenvalue weighted by Gasteiger charge is -2.20. The molecule has 5 heteroatoms. The van der Waals surface area contributed by atoms with E-state index in [1.165, 1.54) is 5.56 Å². The van der Waals surface area contributed by atoms with Gasteiger partial charge in [0, 0.05) is 27.3 Å². The van der Waals surface area contributed by atoms with Crippen LogP contribution in [0.1, 0.15) is 35.7 Å². The summed E-state index contributed by atoms with van der Waals surface area (Å²) >= 11 is 11.5. The van der Waals surface area contributed by atoms with Crippen LogP contribution in [-0.4, -0.2) is 11.5 Å².